The molecule has 494 valence electrons. The third-order valence-electron chi connectivity index (χ3n) is 16.7. The van der Waals surface area contributed by atoms with Crippen molar-refractivity contribution in [2.75, 3.05) is 40.9 Å². The molecular formula is C75H143N2O6P. The summed E-state index contributed by atoms with van der Waals surface area (Å²) in [5.41, 5.74) is 0. The first-order valence-corrected chi connectivity index (χ1v) is 38.1. The zero-order valence-electron chi connectivity index (χ0n) is 56.6. The molecule has 84 heavy (non-hydrogen) atoms. The monoisotopic (exact) mass is 1200 g/mol. The highest BCUT2D eigenvalue weighted by atomic mass is 31.2. The van der Waals surface area contributed by atoms with Crippen LogP contribution in [0.3, 0.4) is 0 Å². The van der Waals surface area contributed by atoms with Crippen molar-refractivity contribution in [1.82, 2.24) is 5.32 Å². The van der Waals surface area contributed by atoms with Gasteiger partial charge in [0.15, 0.2) is 0 Å². The fourth-order valence-corrected chi connectivity index (χ4v) is 11.8. The summed E-state index contributed by atoms with van der Waals surface area (Å²) in [4.78, 5) is 25.6. The van der Waals surface area contributed by atoms with E-state index in [9.17, 15) is 19.4 Å². The van der Waals surface area contributed by atoms with Crippen LogP contribution in [0.2, 0.25) is 0 Å². The predicted octanol–water partition coefficient (Wildman–Crippen LogP) is 22.9. The van der Waals surface area contributed by atoms with Gasteiger partial charge in [-0.2, -0.15) is 0 Å². The van der Waals surface area contributed by atoms with E-state index in [0.29, 0.717) is 17.4 Å². The van der Waals surface area contributed by atoms with E-state index in [1.807, 2.05) is 27.2 Å². The maximum Gasteiger partial charge on any atom is 0.268 e. The van der Waals surface area contributed by atoms with E-state index in [-0.39, 0.29) is 19.1 Å². The molecule has 0 aromatic heterocycles. The number of aliphatic hydroxyl groups is 1. The van der Waals surface area contributed by atoms with Crippen molar-refractivity contribution in [3.05, 3.63) is 60.8 Å². The van der Waals surface area contributed by atoms with Crippen LogP contribution in [0.1, 0.15) is 361 Å². The highest BCUT2D eigenvalue weighted by molar-refractivity contribution is 7.45. The molecule has 0 radical (unpaired) electrons. The van der Waals surface area contributed by atoms with Gasteiger partial charge in [-0.1, -0.05) is 357 Å². The number of rotatable bonds is 68. The lowest BCUT2D eigenvalue weighted by Gasteiger charge is -2.29. The first-order chi connectivity index (χ1) is 41.0. The van der Waals surface area contributed by atoms with E-state index in [1.54, 1.807) is 6.08 Å². The van der Waals surface area contributed by atoms with Gasteiger partial charge in [0.2, 0.25) is 5.91 Å². The first kappa shape index (κ1) is 82.2. The molecule has 0 aliphatic heterocycles. The summed E-state index contributed by atoms with van der Waals surface area (Å²) < 4.78 is 23.5. The maximum absolute atomic E-state index is 13.0. The van der Waals surface area contributed by atoms with Crippen LogP contribution >= 0.6 is 7.82 Å². The second-order valence-electron chi connectivity index (χ2n) is 26.3. The molecule has 0 saturated heterocycles. The Morgan fingerprint density at radius 3 is 1.06 bits per heavy atom. The van der Waals surface area contributed by atoms with Gasteiger partial charge in [0, 0.05) is 6.42 Å². The van der Waals surface area contributed by atoms with Gasteiger partial charge < -0.3 is 28.8 Å². The van der Waals surface area contributed by atoms with Gasteiger partial charge in [0.05, 0.1) is 39.9 Å². The van der Waals surface area contributed by atoms with Gasteiger partial charge in [-0.15, -0.1) is 0 Å². The van der Waals surface area contributed by atoms with Crippen LogP contribution in [0.25, 0.3) is 0 Å². The van der Waals surface area contributed by atoms with Crippen LogP contribution in [0, 0.1) is 0 Å². The lowest BCUT2D eigenvalue weighted by Crippen LogP contribution is -2.45. The minimum atomic E-state index is -4.60. The molecule has 0 spiro atoms. The van der Waals surface area contributed by atoms with Gasteiger partial charge in [0.25, 0.3) is 7.82 Å². The highest BCUT2D eigenvalue weighted by Gasteiger charge is 2.23. The Balaban J connectivity index is 3.90. The molecule has 0 heterocycles. The summed E-state index contributed by atoms with van der Waals surface area (Å²) in [7, 11) is 1.28. The fraction of sp³-hybridized carbons (Fsp3) is 0.853. The summed E-state index contributed by atoms with van der Waals surface area (Å²) >= 11 is 0. The Morgan fingerprint density at radius 1 is 0.429 bits per heavy atom. The van der Waals surface area contributed by atoms with Crippen molar-refractivity contribution < 1.29 is 32.9 Å². The smallest absolute Gasteiger partial charge is 0.268 e. The quantitative estimate of drug-likeness (QED) is 0.0272. The summed E-state index contributed by atoms with van der Waals surface area (Å²) in [6, 6.07) is -0.886. The number of aliphatic hydroxyl groups excluding tert-OH is 1. The van der Waals surface area contributed by atoms with Gasteiger partial charge >= 0.3 is 0 Å². The van der Waals surface area contributed by atoms with Crippen molar-refractivity contribution in [2.45, 2.75) is 373 Å². The van der Waals surface area contributed by atoms with Crippen LogP contribution < -0.4 is 10.2 Å². The van der Waals surface area contributed by atoms with Gasteiger partial charge in [-0.05, 0) is 57.8 Å². The molecular weight excluding hydrogens is 1060 g/mol. The number of likely N-dealkylation sites (N-methyl/N-ethyl adjacent to an activating group) is 1. The SMILES string of the molecule is CC/C=C\C/C=C\C/C=C\C/C=C\CCCCCCCCCCCCCCCCCCCCCCCCCCCCCCC(=O)NC(COP(=O)([O-])OCC[N+](C)(C)C)C(O)/C=C/CCCCCCCCCCCCCCCCCCCCC. The lowest BCUT2D eigenvalue weighted by molar-refractivity contribution is -0.870. The van der Waals surface area contributed by atoms with Gasteiger partial charge in [0.1, 0.15) is 13.2 Å². The van der Waals surface area contributed by atoms with Crippen LogP contribution in [0.4, 0.5) is 0 Å². The summed E-state index contributed by atoms with van der Waals surface area (Å²) in [6.45, 7) is 4.59. The Morgan fingerprint density at radius 2 is 0.726 bits per heavy atom. The minimum absolute atomic E-state index is 0.000879. The molecule has 0 bridgehead atoms. The average Bonchev–Trinajstić information content (AvgIpc) is 3.56. The largest absolute Gasteiger partial charge is 0.756 e. The normalized spacial score (nSPS) is 13.9. The molecule has 3 atom stereocenters. The zero-order chi connectivity index (χ0) is 61.2. The number of nitrogens with one attached hydrogen (secondary N) is 1. The lowest BCUT2D eigenvalue weighted by atomic mass is 10.0. The topological polar surface area (TPSA) is 108 Å². The van der Waals surface area contributed by atoms with E-state index in [2.05, 4.69) is 67.8 Å². The third kappa shape index (κ3) is 67.7. The number of carbonyl (C=O) groups excluding carboxylic acids is 1. The molecule has 0 aromatic rings. The number of unbranched alkanes of at least 4 members (excludes halogenated alkanes) is 47. The zero-order valence-corrected chi connectivity index (χ0v) is 57.5. The molecule has 2 N–H and O–H groups in total. The molecule has 1 amide bonds. The number of amides is 1. The van der Waals surface area contributed by atoms with Crippen molar-refractivity contribution in [3.63, 3.8) is 0 Å². The first-order valence-electron chi connectivity index (χ1n) is 36.7. The third-order valence-corrected chi connectivity index (χ3v) is 17.7. The Bertz CT molecular complexity index is 1550. The number of nitrogens with zero attached hydrogens (tertiary/aromatic N) is 1. The average molecular weight is 1200 g/mol. The van der Waals surface area contributed by atoms with Crippen molar-refractivity contribution in [2.24, 2.45) is 0 Å². The number of hydrogen-bond donors (Lipinski definition) is 2. The summed E-state index contributed by atoms with van der Waals surface area (Å²) in [6.07, 6.45) is 90.8. The molecule has 0 aromatic carbocycles. The highest BCUT2D eigenvalue weighted by Crippen LogP contribution is 2.38. The number of carbonyl (C=O) groups is 1. The number of phosphoric ester groups is 1. The predicted molar refractivity (Wildman–Crippen MR) is 367 cm³/mol. The number of quaternary nitrogens is 1. The maximum atomic E-state index is 13.0. The Kier molecular flexibility index (Phi) is 64.2. The van der Waals surface area contributed by atoms with Gasteiger partial charge in [-0.25, -0.2) is 0 Å². The van der Waals surface area contributed by atoms with E-state index < -0.39 is 20.0 Å². The molecule has 9 heteroatoms. The summed E-state index contributed by atoms with van der Waals surface area (Å²) in [5, 5.41) is 14.0. The molecule has 0 aliphatic carbocycles. The second kappa shape index (κ2) is 65.6. The van der Waals surface area contributed by atoms with E-state index in [1.165, 1.54) is 276 Å². The van der Waals surface area contributed by atoms with Gasteiger partial charge in [-0.3, -0.25) is 9.36 Å². The number of phosphoric acid groups is 1. The number of hydrogen-bond acceptors (Lipinski definition) is 6. The molecule has 3 unspecified atom stereocenters. The molecule has 0 rings (SSSR count). The van der Waals surface area contributed by atoms with Crippen LogP contribution in [0.15, 0.2) is 60.8 Å². The Hall–Kier alpha value is -1.80. The fourth-order valence-electron chi connectivity index (χ4n) is 11.1. The molecule has 0 saturated carbocycles. The standard InChI is InChI=1S/C75H143N2O6P/c1-6-8-10-12-14-16-18-20-22-24-26-28-29-30-31-32-33-34-35-36-37-38-39-40-41-42-43-44-45-46-47-49-51-53-55-57-59-61-63-65-67-69-75(79)76-73(72-83-84(80,81)82-71-70-77(3,4)5)74(78)68-66-64-62-60-58-56-54-52-50-48-27-25-23-21-19-17-15-13-11-9-7-2/h8,10,14,16,20,22,26,28,66,68,73-74,78H,6-7,9,11-13,15,17-19,21,23-25,27,29-65,67,69-72H2,1-5H3,(H-,76,79,80,81)/b10-8-,16-14-,22-20-,28-26-,68-66+. The molecule has 0 aliphatic rings. The minimum Gasteiger partial charge on any atom is -0.756 e. The molecule has 8 nitrogen and oxygen atoms in total. The summed E-state index contributed by atoms with van der Waals surface area (Å²) in [5.74, 6) is -0.190. The van der Waals surface area contributed by atoms with Crippen LogP contribution in [-0.4, -0.2) is 68.5 Å². The van der Waals surface area contributed by atoms with Crippen molar-refractivity contribution >= 4 is 13.7 Å². The van der Waals surface area contributed by atoms with Crippen molar-refractivity contribution in [1.29, 1.82) is 0 Å². The second-order valence-corrected chi connectivity index (χ2v) is 27.7. The molecule has 0 fully saturated rings. The van der Waals surface area contributed by atoms with Crippen molar-refractivity contribution in [3.8, 4) is 0 Å². The van der Waals surface area contributed by atoms with Crippen LogP contribution in [0.5, 0.6) is 0 Å². The van der Waals surface area contributed by atoms with E-state index >= 15 is 0 Å². The van der Waals surface area contributed by atoms with Crippen LogP contribution in [-0.2, 0) is 18.4 Å². The van der Waals surface area contributed by atoms with E-state index in [0.717, 1.165) is 64.2 Å². The Labute approximate surface area is 523 Å². The number of allylic oxidation sites excluding steroid dienone is 9. The van der Waals surface area contributed by atoms with E-state index in [4.69, 9.17) is 9.05 Å².